The molecule has 7 heteroatoms. The molecular weight excluding hydrogens is 322 g/mol. The van der Waals surface area contributed by atoms with Crippen molar-refractivity contribution in [2.75, 3.05) is 12.4 Å². The van der Waals surface area contributed by atoms with Gasteiger partial charge in [-0.05, 0) is 31.2 Å². The SMILES string of the molecule is COc1ccccc1NC(=O)[C@H](C)OC(=O)c1cn2ccccc2n1. The Bertz CT molecular complexity index is 886. The van der Waals surface area contributed by atoms with E-state index >= 15 is 0 Å². The number of hydrogen-bond donors (Lipinski definition) is 1. The number of imidazole rings is 1. The lowest BCUT2D eigenvalue weighted by molar-refractivity contribution is -0.123. The fourth-order valence-corrected chi connectivity index (χ4v) is 2.29. The minimum atomic E-state index is -0.984. The first-order valence-electron chi connectivity index (χ1n) is 7.67. The van der Waals surface area contributed by atoms with E-state index in [1.807, 2.05) is 12.1 Å². The van der Waals surface area contributed by atoms with Gasteiger partial charge >= 0.3 is 5.97 Å². The maximum absolute atomic E-state index is 12.3. The van der Waals surface area contributed by atoms with E-state index in [-0.39, 0.29) is 5.69 Å². The predicted molar refractivity (Wildman–Crippen MR) is 91.7 cm³/mol. The molecule has 1 amide bonds. The van der Waals surface area contributed by atoms with Crippen molar-refractivity contribution in [1.29, 1.82) is 0 Å². The van der Waals surface area contributed by atoms with Crippen LogP contribution in [0.25, 0.3) is 5.65 Å². The number of aromatic nitrogens is 2. The Morgan fingerprint density at radius 2 is 1.92 bits per heavy atom. The van der Waals surface area contributed by atoms with Crippen molar-refractivity contribution < 1.29 is 19.1 Å². The Kier molecular flexibility index (Phi) is 4.65. The van der Waals surface area contributed by atoms with Crippen LogP contribution in [0.2, 0.25) is 0 Å². The Morgan fingerprint density at radius 1 is 1.16 bits per heavy atom. The molecule has 3 aromatic rings. The van der Waals surface area contributed by atoms with Gasteiger partial charge in [0.2, 0.25) is 0 Å². The van der Waals surface area contributed by atoms with Crippen molar-refractivity contribution in [3.05, 3.63) is 60.6 Å². The zero-order valence-corrected chi connectivity index (χ0v) is 13.8. The van der Waals surface area contributed by atoms with Crippen molar-refractivity contribution in [2.45, 2.75) is 13.0 Å². The van der Waals surface area contributed by atoms with Crippen LogP contribution in [0.3, 0.4) is 0 Å². The minimum absolute atomic E-state index is 0.142. The van der Waals surface area contributed by atoms with E-state index in [4.69, 9.17) is 9.47 Å². The second-order valence-electron chi connectivity index (χ2n) is 5.33. The highest BCUT2D eigenvalue weighted by atomic mass is 16.5. The number of para-hydroxylation sites is 2. The molecule has 2 aromatic heterocycles. The summed E-state index contributed by atoms with van der Waals surface area (Å²) in [6.45, 7) is 1.50. The largest absolute Gasteiger partial charge is 0.495 e. The molecule has 7 nitrogen and oxygen atoms in total. The van der Waals surface area contributed by atoms with E-state index < -0.39 is 18.0 Å². The second kappa shape index (κ2) is 7.04. The van der Waals surface area contributed by atoms with Gasteiger partial charge in [0.15, 0.2) is 11.8 Å². The van der Waals surface area contributed by atoms with Crippen LogP contribution in [0.4, 0.5) is 5.69 Å². The van der Waals surface area contributed by atoms with Crippen molar-refractivity contribution in [2.24, 2.45) is 0 Å². The van der Waals surface area contributed by atoms with Gasteiger partial charge in [-0.3, -0.25) is 4.79 Å². The van der Waals surface area contributed by atoms with Crippen LogP contribution in [0.15, 0.2) is 54.9 Å². The summed E-state index contributed by atoms with van der Waals surface area (Å²) in [5.41, 5.74) is 1.27. The lowest BCUT2D eigenvalue weighted by Gasteiger charge is -2.14. The van der Waals surface area contributed by atoms with E-state index in [0.29, 0.717) is 17.1 Å². The number of benzene rings is 1. The Hall–Kier alpha value is -3.35. The molecule has 0 saturated heterocycles. The van der Waals surface area contributed by atoms with E-state index in [9.17, 15) is 9.59 Å². The van der Waals surface area contributed by atoms with E-state index in [1.165, 1.54) is 14.0 Å². The maximum Gasteiger partial charge on any atom is 0.359 e. The number of anilines is 1. The number of rotatable bonds is 5. The molecule has 0 saturated carbocycles. The van der Waals surface area contributed by atoms with Gasteiger partial charge in [-0.25, -0.2) is 9.78 Å². The molecule has 0 radical (unpaired) electrons. The molecule has 0 aliphatic carbocycles. The van der Waals surface area contributed by atoms with Crippen molar-refractivity contribution in [1.82, 2.24) is 9.38 Å². The van der Waals surface area contributed by atoms with Crippen molar-refractivity contribution >= 4 is 23.2 Å². The minimum Gasteiger partial charge on any atom is -0.495 e. The lowest BCUT2D eigenvalue weighted by atomic mass is 10.2. The van der Waals surface area contributed by atoms with Gasteiger partial charge in [-0.2, -0.15) is 0 Å². The molecule has 0 spiro atoms. The Balaban J connectivity index is 1.67. The van der Waals surface area contributed by atoms with Crippen LogP contribution in [-0.2, 0) is 9.53 Å². The molecule has 0 unspecified atom stereocenters. The van der Waals surface area contributed by atoms with Crippen LogP contribution >= 0.6 is 0 Å². The first-order valence-corrected chi connectivity index (χ1v) is 7.67. The zero-order valence-electron chi connectivity index (χ0n) is 13.8. The second-order valence-corrected chi connectivity index (χ2v) is 5.33. The average molecular weight is 339 g/mol. The number of ether oxygens (including phenoxy) is 2. The number of fused-ring (bicyclic) bond motifs is 1. The number of hydrogen-bond acceptors (Lipinski definition) is 5. The number of methoxy groups -OCH3 is 1. The van der Waals surface area contributed by atoms with Gasteiger partial charge in [0, 0.05) is 12.4 Å². The summed E-state index contributed by atoms with van der Waals surface area (Å²) in [5.74, 6) is -0.595. The summed E-state index contributed by atoms with van der Waals surface area (Å²) >= 11 is 0. The smallest absolute Gasteiger partial charge is 0.359 e. The predicted octanol–water partition coefficient (Wildman–Crippen LogP) is 2.53. The highest BCUT2D eigenvalue weighted by molar-refractivity contribution is 5.97. The molecule has 25 heavy (non-hydrogen) atoms. The first-order chi connectivity index (χ1) is 12.1. The molecule has 1 atom stereocenters. The van der Waals surface area contributed by atoms with Crippen LogP contribution in [0.1, 0.15) is 17.4 Å². The van der Waals surface area contributed by atoms with E-state index in [0.717, 1.165) is 0 Å². The highest BCUT2D eigenvalue weighted by Gasteiger charge is 2.21. The molecule has 0 aliphatic heterocycles. The number of carbonyl (C=O) groups is 2. The standard InChI is InChI=1S/C18H17N3O4/c1-12(17(22)20-13-7-3-4-8-15(13)24-2)25-18(23)14-11-21-10-6-5-9-16(21)19-14/h3-12H,1-2H3,(H,20,22)/t12-/m0/s1. The summed E-state index contributed by atoms with van der Waals surface area (Å²) in [6.07, 6.45) is 2.35. The van der Waals surface area contributed by atoms with Gasteiger partial charge in [0.25, 0.3) is 5.91 Å². The average Bonchev–Trinajstić information content (AvgIpc) is 3.06. The summed E-state index contributed by atoms with van der Waals surface area (Å²) in [7, 11) is 1.51. The van der Waals surface area contributed by atoms with Crippen LogP contribution in [0, 0.1) is 0 Å². The summed E-state index contributed by atoms with van der Waals surface area (Å²) in [4.78, 5) is 28.6. The number of carbonyl (C=O) groups excluding carboxylic acids is 2. The Morgan fingerprint density at radius 3 is 2.68 bits per heavy atom. The van der Waals surface area contributed by atoms with E-state index in [1.54, 1.807) is 47.1 Å². The number of pyridine rings is 1. The quantitative estimate of drug-likeness (QED) is 0.722. The number of esters is 1. The van der Waals surface area contributed by atoms with E-state index in [2.05, 4.69) is 10.3 Å². The van der Waals surface area contributed by atoms with Crippen LogP contribution in [-0.4, -0.2) is 34.5 Å². The molecule has 1 N–H and O–H groups in total. The van der Waals surface area contributed by atoms with Crippen molar-refractivity contribution in [3.63, 3.8) is 0 Å². The van der Waals surface area contributed by atoms with Gasteiger partial charge in [-0.15, -0.1) is 0 Å². The molecule has 128 valence electrons. The molecule has 3 rings (SSSR count). The van der Waals surface area contributed by atoms with Gasteiger partial charge in [0.05, 0.1) is 12.8 Å². The first kappa shape index (κ1) is 16.5. The van der Waals surface area contributed by atoms with Crippen LogP contribution in [0.5, 0.6) is 5.75 Å². The monoisotopic (exact) mass is 339 g/mol. The normalized spacial score (nSPS) is 11.8. The fraction of sp³-hybridized carbons (Fsp3) is 0.167. The molecular formula is C18H17N3O4. The topological polar surface area (TPSA) is 81.9 Å². The van der Waals surface area contributed by atoms with Gasteiger partial charge < -0.3 is 19.2 Å². The highest BCUT2D eigenvalue weighted by Crippen LogP contribution is 2.23. The molecule has 0 aliphatic rings. The molecule has 0 fully saturated rings. The third kappa shape index (κ3) is 3.60. The summed E-state index contributed by atoms with van der Waals surface area (Å²) < 4.78 is 12.1. The fourth-order valence-electron chi connectivity index (χ4n) is 2.29. The van der Waals surface area contributed by atoms with Gasteiger partial charge in [0.1, 0.15) is 11.4 Å². The zero-order chi connectivity index (χ0) is 17.8. The summed E-state index contributed by atoms with van der Waals surface area (Å²) in [6, 6.07) is 12.4. The number of nitrogens with zero attached hydrogens (tertiary/aromatic N) is 2. The Labute approximate surface area is 144 Å². The lowest BCUT2D eigenvalue weighted by Crippen LogP contribution is -2.30. The summed E-state index contributed by atoms with van der Waals surface area (Å²) in [5, 5.41) is 2.68. The number of nitrogens with one attached hydrogen (secondary N) is 1. The van der Waals surface area contributed by atoms with Gasteiger partial charge in [-0.1, -0.05) is 18.2 Å². The van der Waals surface area contributed by atoms with Crippen molar-refractivity contribution in [3.8, 4) is 5.75 Å². The van der Waals surface area contributed by atoms with Crippen LogP contribution < -0.4 is 10.1 Å². The molecule has 0 bridgehead atoms. The maximum atomic E-state index is 12.3. The number of amides is 1. The molecule has 1 aromatic carbocycles. The third-order valence-electron chi connectivity index (χ3n) is 3.59. The molecule has 2 heterocycles. The third-order valence-corrected chi connectivity index (χ3v) is 3.59.